The molecule has 6 heteroatoms. The lowest BCUT2D eigenvalue weighted by atomic mass is 9.98. The number of aromatic nitrogens is 6. The van der Waals surface area contributed by atoms with Crippen LogP contribution in [0.5, 0.6) is 0 Å². The van der Waals surface area contributed by atoms with Crippen LogP contribution in [0.15, 0.2) is 528 Å². The molecule has 0 spiro atoms. The maximum Gasteiger partial charge on any atom is 0.0541 e. The van der Waals surface area contributed by atoms with Gasteiger partial charge >= 0.3 is 0 Å². The first-order valence-electron chi connectivity index (χ1n) is 47.8. The molecule has 0 saturated carbocycles. The highest BCUT2D eigenvalue weighted by Crippen LogP contribution is 2.46. The molecule has 0 atom stereocenters. The van der Waals surface area contributed by atoms with Crippen molar-refractivity contribution in [2.75, 3.05) is 0 Å². The van der Waals surface area contributed by atoms with Crippen LogP contribution in [0.3, 0.4) is 0 Å². The molecular weight excluding hydrogens is 1680 g/mol. The SMILES string of the molecule is Cc1cccc(-n2c3ccccc3c3cc(-c4ccc5c(c4)c4ccccc4n5-c4cccc(-c5ccccc5)c4)ccc32)c1.c1ccc(-c2ccc(-c3ccc4c(c3)c3cc(-c5ccc6c(c5)c5ccccc5n6-c5ccccc5)ccc3n4-c3ccccc3)cc2)cc1.c1ccc(-c2cccc(-n3c4ccccc4c4cc(-c5ccc6c(c5)c5ccccc5n6-c5ccccc5)ccc43)c2)cc1. The molecule has 28 rings (SSSR count). The number of hydrogen-bond acceptors (Lipinski definition) is 0. The van der Waals surface area contributed by atoms with Crippen molar-refractivity contribution < 1.29 is 0 Å². The van der Waals surface area contributed by atoms with Gasteiger partial charge in [0.25, 0.3) is 0 Å². The molecule has 0 aliphatic heterocycles. The van der Waals surface area contributed by atoms with Crippen LogP contribution in [0, 0.1) is 6.92 Å². The van der Waals surface area contributed by atoms with Crippen molar-refractivity contribution in [1.82, 2.24) is 27.4 Å². The Bertz CT molecular complexity index is 9610. The van der Waals surface area contributed by atoms with E-state index < -0.39 is 0 Å². The summed E-state index contributed by atoms with van der Waals surface area (Å²) in [7, 11) is 0. The molecule has 0 fully saturated rings. The van der Waals surface area contributed by atoms with Gasteiger partial charge in [0.1, 0.15) is 0 Å². The maximum atomic E-state index is 2.40. The van der Waals surface area contributed by atoms with E-state index in [9.17, 15) is 0 Å². The predicted molar refractivity (Wildman–Crippen MR) is 588 cm³/mol. The molecule has 652 valence electrons. The van der Waals surface area contributed by atoms with Crippen LogP contribution in [-0.2, 0) is 0 Å². The van der Waals surface area contributed by atoms with Crippen molar-refractivity contribution in [1.29, 1.82) is 0 Å². The van der Waals surface area contributed by atoms with Gasteiger partial charge in [-0.25, -0.2) is 0 Å². The van der Waals surface area contributed by atoms with Gasteiger partial charge < -0.3 is 27.4 Å². The molecule has 0 bridgehead atoms. The summed E-state index contributed by atoms with van der Waals surface area (Å²) in [5.41, 5.74) is 39.9. The van der Waals surface area contributed by atoms with Crippen LogP contribution in [0.1, 0.15) is 5.56 Å². The Morgan fingerprint density at radius 1 is 0.101 bits per heavy atom. The van der Waals surface area contributed by atoms with Crippen LogP contribution in [-0.4, -0.2) is 27.4 Å². The van der Waals surface area contributed by atoms with Crippen LogP contribution in [0.2, 0.25) is 0 Å². The number of nitrogens with zero attached hydrogens (tertiary/aromatic N) is 6. The highest BCUT2D eigenvalue weighted by atomic mass is 15.0. The highest BCUT2D eigenvalue weighted by molar-refractivity contribution is 6.17. The van der Waals surface area contributed by atoms with E-state index in [1.54, 1.807) is 0 Å². The predicted octanol–water partition coefficient (Wildman–Crippen LogP) is 35.6. The van der Waals surface area contributed by atoms with E-state index in [0.717, 1.165) is 5.69 Å². The summed E-state index contributed by atoms with van der Waals surface area (Å²) in [5.74, 6) is 0. The Hall–Kier alpha value is -18.4. The van der Waals surface area contributed by atoms with E-state index in [1.165, 1.54) is 243 Å². The van der Waals surface area contributed by atoms with Crippen molar-refractivity contribution in [3.63, 3.8) is 0 Å². The Morgan fingerprint density at radius 2 is 0.259 bits per heavy atom. The van der Waals surface area contributed by atoms with E-state index in [0.29, 0.717) is 0 Å². The zero-order valence-corrected chi connectivity index (χ0v) is 76.4. The average Bonchev–Trinajstić information content (AvgIpc) is 1.58. The normalized spacial score (nSPS) is 11.6. The zero-order valence-electron chi connectivity index (χ0n) is 76.4. The molecule has 0 aliphatic carbocycles. The Labute approximate surface area is 804 Å². The van der Waals surface area contributed by atoms with Gasteiger partial charge in [-0.05, 0) is 278 Å². The van der Waals surface area contributed by atoms with Crippen LogP contribution >= 0.6 is 0 Å². The fourth-order valence-electron chi connectivity index (χ4n) is 21.7. The van der Waals surface area contributed by atoms with Gasteiger partial charge in [-0.3, -0.25) is 0 Å². The molecule has 6 nitrogen and oxygen atoms in total. The molecule has 0 radical (unpaired) electrons. The van der Waals surface area contributed by atoms with Gasteiger partial charge in [-0.15, -0.1) is 0 Å². The molecule has 0 saturated heterocycles. The minimum Gasteiger partial charge on any atom is -0.309 e. The molecule has 28 aromatic rings. The molecular formula is C133H90N6. The van der Waals surface area contributed by atoms with E-state index in [2.05, 4.69) is 562 Å². The van der Waals surface area contributed by atoms with E-state index in [4.69, 9.17) is 0 Å². The van der Waals surface area contributed by atoms with Gasteiger partial charge in [-0.1, -0.05) is 340 Å². The summed E-state index contributed by atoms with van der Waals surface area (Å²) in [6.45, 7) is 2.16. The first kappa shape index (κ1) is 81.4. The van der Waals surface area contributed by atoms with Gasteiger partial charge in [0.2, 0.25) is 0 Å². The van der Waals surface area contributed by atoms with Crippen molar-refractivity contribution in [3.8, 4) is 112 Å². The van der Waals surface area contributed by atoms with Gasteiger partial charge in [0.15, 0.2) is 0 Å². The molecule has 6 heterocycles. The number of benzene rings is 22. The van der Waals surface area contributed by atoms with Crippen LogP contribution in [0.4, 0.5) is 0 Å². The zero-order chi connectivity index (χ0) is 92.0. The third-order valence-electron chi connectivity index (χ3n) is 28.2. The van der Waals surface area contributed by atoms with Crippen molar-refractivity contribution in [3.05, 3.63) is 533 Å². The molecule has 0 aliphatic rings. The van der Waals surface area contributed by atoms with Crippen molar-refractivity contribution in [2.45, 2.75) is 6.92 Å². The lowest BCUT2D eigenvalue weighted by Crippen LogP contribution is -1.94. The summed E-state index contributed by atoms with van der Waals surface area (Å²) in [4.78, 5) is 0. The number of aryl methyl sites for hydroxylation is 1. The van der Waals surface area contributed by atoms with Crippen LogP contribution < -0.4 is 0 Å². The third kappa shape index (κ3) is 14.4. The summed E-state index contributed by atoms with van der Waals surface area (Å²) < 4.78 is 14.3. The number of fused-ring (bicyclic) bond motifs is 18. The second kappa shape index (κ2) is 34.3. The third-order valence-corrected chi connectivity index (χ3v) is 28.2. The monoisotopic (exact) mass is 1770 g/mol. The fourth-order valence-corrected chi connectivity index (χ4v) is 21.7. The lowest BCUT2D eigenvalue weighted by Gasteiger charge is -2.11. The summed E-state index contributed by atoms with van der Waals surface area (Å²) >= 11 is 0. The van der Waals surface area contributed by atoms with Crippen LogP contribution in [0.25, 0.3) is 243 Å². The van der Waals surface area contributed by atoms with E-state index in [-0.39, 0.29) is 0 Å². The molecule has 139 heavy (non-hydrogen) atoms. The Balaban J connectivity index is 0.000000108. The Kier molecular flexibility index (Phi) is 20.1. The molecule has 0 unspecified atom stereocenters. The van der Waals surface area contributed by atoms with E-state index in [1.807, 2.05) is 0 Å². The number of para-hydroxylation sites is 8. The largest absolute Gasteiger partial charge is 0.309 e. The standard InChI is InChI=1S/C48H32N2.C43H30N2.C42H28N2/c1-4-12-33(13-5-1)34-20-22-35(23-21-34)36-24-27-47-43(30-36)44-32-38(26-29-48(44)50(47)40-16-8-3-9-17-40)37-25-28-46-42(31-37)41-18-10-11-19-45(41)49(46)39-14-6-2-7-15-39;1-29-11-9-15-34(25-29)44-40-19-7-5-17-36(40)38-27-32(21-23-42(38)44)33-22-24-43-39(28-33)37-18-6-8-20-41(37)45(43)35-16-10-14-31(26-35)30-12-3-2-4-13-30;1-3-12-29(13-4-1)30-14-11-17-34(26-30)44-40-21-10-8-19-36(40)38-28-32(23-25-42(38)44)31-22-24-41-37(27-31)35-18-7-9-20-39(35)43(41)33-15-5-2-6-16-33/h1-32H;2-28H,1H3;1-28H. The summed E-state index contributed by atoms with van der Waals surface area (Å²) in [6, 6.07) is 191. The first-order valence-corrected chi connectivity index (χ1v) is 47.8. The minimum absolute atomic E-state index is 1.16. The summed E-state index contributed by atoms with van der Waals surface area (Å²) in [6.07, 6.45) is 0. The number of hydrogen-bond donors (Lipinski definition) is 0. The fraction of sp³-hybridized carbons (Fsp3) is 0.00752. The Morgan fingerprint density at radius 3 is 0.525 bits per heavy atom. The van der Waals surface area contributed by atoms with E-state index >= 15 is 0 Å². The minimum atomic E-state index is 1.16. The lowest BCUT2D eigenvalue weighted by molar-refractivity contribution is 1.17. The number of rotatable bonds is 13. The van der Waals surface area contributed by atoms with Crippen molar-refractivity contribution >= 4 is 131 Å². The molecule has 22 aromatic carbocycles. The summed E-state index contributed by atoms with van der Waals surface area (Å²) in [5, 5.41) is 15.1. The van der Waals surface area contributed by atoms with Gasteiger partial charge in [0, 0.05) is 98.8 Å². The highest BCUT2D eigenvalue weighted by Gasteiger charge is 2.23. The average molecular weight is 1770 g/mol. The quantitative estimate of drug-likeness (QED) is 0.110. The molecule has 0 N–H and O–H groups in total. The maximum absolute atomic E-state index is 2.40. The molecule has 6 aromatic heterocycles. The smallest absolute Gasteiger partial charge is 0.0541 e. The second-order valence-electron chi connectivity index (χ2n) is 36.3. The second-order valence-corrected chi connectivity index (χ2v) is 36.3. The van der Waals surface area contributed by atoms with Gasteiger partial charge in [-0.2, -0.15) is 0 Å². The molecule has 0 amide bonds. The first-order chi connectivity index (χ1) is 68.9. The topological polar surface area (TPSA) is 29.6 Å². The van der Waals surface area contributed by atoms with Crippen molar-refractivity contribution in [2.24, 2.45) is 0 Å². The van der Waals surface area contributed by atoms with Gasteiger partial charge in [0.05, 0.1) is 66.2 Å².